The Morgan fingerprint density at radius 2 is 2.19 bits per heavy atom. The quantitative estimate of drug-likeness (QED) is 0.490. The molecule has 7 nitrogen and oxygen atoms in total. The third kappa shape index (κ3) is 5.37. The summed E-state index contributed by atoms with van der Waals surface area (Å²) in [6.07, 6.45) is 3.85. The second-order valence-corrected chi connectivity index (χ2v) is 7.17. The highest BCUT2D eigenvalue weighted by molar-refractivity contribution is 7.98. The van der Waals surface area contributed by atoms with Gasteiger partial charge in [0.25, 0.3) is 5.56 Å². The predicted molar refractivity (Wildman–Crippen MR) is 109 cm³/mol. The van der Waals surface area contributed by atoms with Crippen molar-refractivity contribution in [3.8, 4) is 5.75 Å². The lowest BCUT2D eigenvalue weighted by Crippen LogP contribution is -2.18. The molecule has 0 saturated carbocycles. The molecule has 27 heavy (non-hydrogen) atoms. The minimum absolute atomic E-state index is 0.130. The van der Waals surface area contributed by atoms with Gasteiger partial charge in [0.1, 0.15) is 5.75 Å². The molecule has 0 spiro atoms. The van der Waals surface area contributed by atoms with Gasteiger partial charge in [0.2, 0.25) is 5.95 Å². The number of aromatic amines is 2. The van der Waals surface area contributed by atoms with Crippen molar-refractivity contribution in [3.05, 3.63) is 69.7 Å². The van der Waals surface area contributed by atoms with E-state index in [0.717, 1.165) is 34.2 Å². The molecule has 8 heteroatoms. The number of benzene rings is 1. The number of imidazole rings is 1. The van der Waals surface area contributed by atoms with Crippen LogP contribution in [0.4, 0.5) is 5.95 Å². The molecule has 3 aromatic rings. The molecule has 0 fully saturated rings. The number of ether oxygens (including phenoxy) is 1. The van der Waals surface area contributed by atoms with Crippen LogP contribution in [0.15, 0.2) is 41.6 Å². The van der Waals surface area contributed by atoms with Gasteiger partial charge in [-0.15, -0.1) is 0 Å². The van der Waals surface area contributed by atoms with Gasteiger partial charge in [0.05, 0.1) is 19.1 Å². The standard InChI is InChI=1S/C19H23N5O2S/c1-13-17(23-12-22-13)11-27-7-6-20-19-21-10-15(18(25)24-19)8-14-4-3-5-16(9-14)26-2/h3-5,9-10,12H,6-8,11H2,1-2H3,(H,22,23)(H2,20,21,24,25). The minimum Gasteiger partial charge on any atom is -0.497 e. The molecule has 0 aliphatic heterocycles. The second kappa shape index (κ2) is 9.27. The zero-order chi connectivity index (χ0) is 19.1. The number of rotatable bonds is 9. The maximum absolute atomic E-state index is 12.3. The van der Waals surface area contributed by atoms with Crippen molar-refractivity contribution in [2.24, 2.45) is 0 Å². The number of anilines is 1. The number of methoxy groups -OCH3 is 1. The largest absolute Gasteiger partial charge is 0.497 e. The number of thioether (sulfide) groups is 1. The first-order chi connectivity index (χ1) is 13.2. The Morgan fingerprint density at radius 1 is 1.30 bits per heavy atom. The van der Waals surface area contributed by atoms with Crippen molar-refractivity contribution in [2.75, 3.05) is 24.7 Å². The van der Waals surface area contributed by atoms with E-state index in [4.69, 9.17) is 4.74 Å². The summed E-state index contributed by atoms with van der Waals surface area (Å²) in [5.41, 5.74) is 3.68. The van der Waals surface area contributed by atoms with E-state index in [9.17, 15) is 4.79 Å². The van der Waals surface area contributed by atoms with E-state index in [1.54, 1.807) is 31.4 Å². The van der Waals surface area contributed by atoms with Gasteiger partial charge < -0.3 is 15.0 Å². The molecule has 0 bridgehead atoms. The Hall–Kier alpha value is -2.74. The first-order valence-corrected chi connectivity index (χ1v) is 9.83. The number of aryl methyl sites for hydroxylation is 1. The van der Waals surface area contributed by atoms with Crippen molar-refractivity contribution in [1.82, 2.24) is 19.9 Å². The number of nitrogens with zero attached hydrogens (tertiary/aromatic N) is 2. The fourth-order valence-electron chi connectivity index (χ4n) is 2.58. The van der Waals surface area contributed by atoms with Crippen molar-refractivity contribution in [2.45, 2.75) is 19.1 Å². The van der Waals surface area contributed by atoms with Gasteiger partial charge in [-0.05, 0) is 24.6 Å². The van der Waals surface area contributed by atoms with E-state index in [2.05, 4.69) is 25.3 Å². The number of H-pyrrole nitrogens is 2. The Kier molecular flexibility index (Phi) is 6.54. The summed E-state index contributed by atoms with van der Waals surface area (Å²) < 4.78 is 5.22. The molecule has 0 atom stereocenters. The normalized spacial score (nSPS) is 10.7. The van der Waals surface area contributed by atoms with E-state index in [1.807, 2.05) is 31.2 Å². The van der Waals surface area contributed by atoms with Gasteiger partial charge in [-0.3, -0.25) is 9.78 Å². The number of hydrogen-bond donors (Lipinski definition) is 3. The van der Waals surface area contributed by atoms with Crippen LogP contribution in [0.25, 0.3) is 0 Å². The summed E-state index contributed by atoms with van der Waals surface area (Å²) in [6, 6.07) is 7.68. The number of hydrogen-bond acceptors (Lipinski definition) is 6. The van der Waals surface area contributed by atoms with Crippen LogP contribution in [0, 0.1) is 6.92 Å². The third-order valence-corrected chi connectivity index (χ3v) is 5.08. The molecular weight excluding hydrogens is 362 g/mol. The predicted octanol–water partition coefficient (Wildman–Crippen LogP) is 2.75. The Balaban J connectivity index is 1.49. The number of aromatic nitrogens is 4. The van der Waals surface area contributed by atoms with Crippen LogP contribution in [-0.4, -0.2) is 39.3 Å². The Labute approximate surface area is 162 Å². The molecule has 0 unspecified atom stereocenters. The van der Waals surface area contributed by atoms with Crippen LogP contribution in [-0.2, 0) is 12.2 Å². The van der Waals surface area contributed by atoms with Gasteiger partial charge in [0, 0.05) is 41.9 Å². The van der Waals surface area contributed by atoms with Crippen LogP contribution in [0.5, 0.6) is 5.75 Å². The van der Waals surface area contributed by atoms with Crippen molar-refractivity contribution < 1.29 is 4.74 Å². The summed E-state index contributed by atoms with van der Waals surface area (Å²) in [5.74, 6) is 3.02. The summed E-state index contributed by atoms with van der Waals surface area (Å²) >= 11 is 1.78. The molecule has 0 amide bonds. The zero-order valence-corrected chi connectivity index (χ0v) is 16.2. The van der Waals surface area contributed by atoms with Crippen LogP contribution in [0.1, 0.15) is 22.5 Å². The zero-order valence-electron chi connectivity index (χ0n) is 15.4. The van der Waals surface area contributed by atoms with Gasteiger partial charge in [-0.2, -0.15) is 11.8 Å². The average molecular weight is 385 g/mol. The van der Waals surface area contributed by atoms with E-state index < -0.39 is 0 Å². The third-order valence-electron chi connectivity index (χ3n) is 4.11. The molecular formula is C19H23N5O2S. The highest BCUT2D eigenvalue weighted by Crippen LogP contribution is 2.15. The maximum Gasteiger partial charge on any atom is 0.255 e. The highest BCUT2D eigenvalue weighted by atomic mass is 32.2. The van der Waals surface area contributed by atoms with Gasteiger partial charge in [0.15, 0.2) is 0 Å². The van der Waals surface area contributed by atoms with Crippen LogP contribution in [0.2, 0.25) is 0 Å². The molecule has 3 rings (SSSR count). The van der Waals surface area contributed by atoms with E-state index in [-0.39, 0.29) is 5.56 Å². The smallest absolute Gasteiger partial charge is 0.255 e. The maximum atomic E-state index is 12.3. The van der Waals surface area contributed by atoms with Crippen molar-refractivity contribution in [1.29, 1.82) is 0 Å². The summed E-state index contributed by atoms with van der Waals surface area (Å²) in [4.78, 5) is 26.8. The van der Waals surface area contributed by atoms with Crippen LogP contribution < -0.4 is 15.6 Å². The van der Waals surface area contributed by atoms with Crippen LogP contribution >= 0.6 is 11.8 Å². The lowest BCUT2D eigenvalue weighted by molar-refractivity contribution is 0.414. The summed E-state index contributed by atoms with van der Waals surface area (Å²) in [5, 5.41) is 3.15. The van der Waals surface area contributed by atoms with Crippen LogP contribution in [0.3, 0.4) is 0 Å². The fraction of sp³-hybridized carbons (Fsp3) is 0.316. The molecule has 0 saturated heterocycles. The van der Waals surface area contributed by atoms with E-state index in [1.165, 1.54) is 0 Å². The second-order valence-electron chi connectivity index (χ2n) is 6.07. The molecule has 0 aliphatic rings. The molecule has 0 radical (unpaired) electrons. The summed E-state index contributed by atoms with van der Waals surface area (Å²) in [7, 11) is 1.63. The minimum atomic E-state index is -0.130. The van der Waals surface area contributed by atoms with Gasteiger partial charge in [-0.25, -0.2) is 9.97 Å². The lowest BCUT2D eigenvalue weighted by atomic mass is 10.1. The number of nitrogens with one attached hydrogen (secondary N) is 3. The monoisotopic (exact) mass is 385 g/mol. The first kappa shape index (κ1) is 19.0. The van der Waals surface area contributed by atoms with Crippen molar-refractivity contribution in [3.63, 3.8) is 0 Å². The van der Waals surface area contributed by atoms with Crippen molar-refractivity contribution >= 4 is 17.7 Å². The average Bonchev–Trinajstić information content (AvgIpc) is 3.08. The Morgan fingerprint density at radius 3 is 2.93 bits per heavy atom. The topological polar surface area (TPSA) is 95.7 Å². The molecule has 2 heterocycles. The first-order valence-electron chi connectivity index (χ1n) is 8.67. The van der Waals surface area contributed by atoms with E-state index in [0.29, 0.717) is 24.5 Å². The van der Waals surface area contributed by atoms with Gasteiger partial charge >= 0.3 is 0 Å². The fourth-order valence-corrected chi connectivity index (χ4v) is 3.46. The molecule has 2 aromatic heterocycles. The molecule has 1 aromatic carbocycles. The van der Waals surface area contributed by atoms with Gasteiger partial charge in [-0.1, -0.05) is 12.1 Å². The highest BCUT2D eigenvalue weighted by Gasteiger charge is 2.05. The molecule has 142 valence electrons. The summed E-state index contributed by atoms with van der Waals surface area (Å²) in [6.45, 7) is 2.73. The Bertz CT molecular complexity index is 938. The molecule has 0 aliphatic carbocycles. The molecule has 3 N–H and O–H groups in total. The SMILES string of the molecule is COc1cccc(Cc2cnc(NCCSCc3nc[nH]c3C)[nH]c2=O)c1. The van der Waals surface area contributed by atoms with E-state index >= 15 is 0 Å². The lowest BCUT2D eigenvalue weighted by Gasteiger charge is -2.07.